The van der Waals surface area contributed by atoms with E-state index < -0.39 is 15.4 Å². The normalized spacial score (nSPS) is 22.8. The molecule has 0 spiro atoms. The maximum Gasteiger partial charge on any atom is 0.267 e. The van der Waals surface area contributed by atoms with Crippen LogP contribution in [0.4, 0.5) is 0 Å². The molecule has 0 heterocycles. The fourth-order valence-electron chi connectivity index (χ4n) is 3.64. The number of hydrogen-bond donors (Lipinski definition) is 1. The third kappa shape index (κ3) is 9.14. The van der Waals surface area contributed by atoms with Crippen molar-refractivity contribution in [1.82, 2.24) is 0 Å². The molecule has 0 unspecified atom stereocenters. The third-order valence-corrected chi connectivity index (χ3v) is 6.49. The Morgan fingerprint density at radius 2 is 1.23 bits per heavy atom. The van der Waals surface area contributed by atoms with Crippen molar-refractivity contribution in [2.75, 3.05) is 0 Å². The van der Waals surface area contributed by atoms with Gasteiger partial charge in [-0.3, -0.25) is 4.55 Å². The summed E-state index contributed by atoms with van der Waals surface area (Å²) in [4.78, 5) is 0. The fourth-order valence-corrected chi connectivity index (χ4v) is 4.51. The molecule has 0 radical (unpaired) electrons. The molecule has 1 N–H and O–H groups in total. The van der Waals surface area contributed by atoms with Gasteiger partial charge in [0.1, 0.15) is 0 Å². The van der Waals surface area contributed by atoms with Crippen LogP contribution in [0.3, 0.4) is 0 Å². The monoisotopic (exact) mass is 332 g/mol. The first-order valence-electron chi connectivity index (χ1n) is 9.50. The zero-order valence-corrected chi connectivity index (χ0v) is 15.2. The van der Waals surface area contributed by atoms with E-state index in [-0.39, 0.29) is 0 Å². The molecule has 22 heavy (non-hydrogen) atoms. The maximum absolute atomic E-state index is 11.1. The molecule has 0 aromatic carbocycles. The van der Waals surface area contributed by atoms with Crippen LogP contribution in [0, 0.1) is 5.92 Å². The standard InChI is InChI=1S/C18H36O3S/c1-2-3-4-5-6-7-8-9-10-11-12-17-13-15-18(16-14-17)22(19,20)21/h17-18H,2-16H2,1H3,(H,19,20,21). The molecule has 1 rings (SSSR count). The smallest absolute Gasteiger partial charge is 0.267 e. The molecule has 0 aromatic heterocycles. The number of hydrogen-bond acceptors (Lipinski definition) is 2. The Balaban J connectivity index is 1.90. The highest BCUT2D eigenvalue weighted by Gasteiger charge is 2.28. The summed E-state index contributed by atoms with van der Waals surface area (Å²) in [6, 6.07) is 0. The van der Waals surface area contributed by atoms with Crippen LogP contribution in [0.5, 0.6) is 0 Å². The SMILES string of the molecule is CCCCCCCCCCCCC1CCC(S(=O)(=O)O)CC1. The van der Waals surface area contributed by atoms with Crippen molar-refractivity contribution in [2.45, 2.75) is 108 Å². The van der Waals surface area contributed by atoms with Crippen molar-refractivity contribution in [1.29, 1.82) is 0 Å². The molecule has 0 aliphatic heterocycles. The van der Waals surface area contributed by atoms with Gasteiger partial charge >= 0.3 is 0 Å². The van der Waals surface area contributed by atoms with Gasteiger partial charge in [0.2, 0.25) is 0 Å². The molecule has 1 saturated carbocycles. The predicted octanol–water partition coefficient (Wildman–Crippen LogP) is 5.74. The fraction of sp³-hybridized carbons (Fsp3) is 1.00. The minimum atomic E-state index is -3.79. The van der Waals surface area contributed by atoms with Gasteiger partial charge in [-0.15, -0.1) is 0 Å². The van der Waals surface area contributed by atoms with Gasteiger partial charge in [0.05, 0.1) is 5.25 Å². The summed E-state index contributed by atoms with van der Waals surface area (Å²) in [7, 11) is -3.79. The summed E-state index contributed by atoms with van der Waals surface area (Å²) in [6.45, 7) is 2.26. The van der Waals surface area contributed by atoms with Gasteiger partial charge in [-0.25, -0.2) is 0 Å². The molecule has 0 atom stereocenters. The second-order valence-electron chi connectivity index (χ2n) is 7.13. The van der Waals surface area contributed by atoms with E-state index in [1.165, 1.54) is 70.6 Å². The quantitative estimate of drug-likeness (QED) is 0.366. The molecule has 1 aliphatic carbocycles. The van der Waals surface area contributed by atoms with Gasteiger partial charge in [0.15, 0.2) is 0 Å². The lowest BCUT2D eigenvalue weighted by atomic mass is 9.85. The van der Waals surface area contributed by atoms with Crippen molar-refractivity contribution >= 4 is 10.1 Å². The Hall–Kier alpha value is -0.0900. The zero-order chi connectivity index (χ0) is 16.3. The van der Waals surface area contributed by atoms with Gasteiger partial charge in [0, 0.05) is 0 Å². The summed E-state index contributed by atoms with van der Waals surface area (Å²) < 4.78 is 31.2. The highest BCUT2D eigenvalue weighted by atomic mass is 32.2. The van der Waals surface area contributed by atoms with E-state index in [1.807, 2.05) is 0 Å². The number of unbranched alkanes of at least 4 members (excludes halogenated alkanes) is 9. The van der Waals surface area contributed by atoms with E-state index in [1.54, 1.807) is 0 Å². The molecule has 0 bridgehead atoms. The van der Waals surface area contributed by atoms with Crippen molar-refractivity contribution in [3.05, 3.63) is 0 Å². The third-order valence-electron chi connectivity index (χ3n) is 5.18. The second kappa shape index (κ2) is 11.4. The van der Waals surface area contributed by atoms with E-state index in [9.17, 15) is 8.42 Å². The van der Waals surface area contributed by atoms with E-state index in [0.717, 1.165) is 12.8 Å². The maximum atomic E-state index is 11.1. The average Bonchev–Trinajstić information content (AvgIpc) is 2.49. The summed E-state index contributed by atoms with van der Waals surface area (Å²) in [5.41, 5.74) is 0. The Morgan fingerprint density at radius 1 is 0.773 bits per heavy atom. The summed E-state index contributed by atoms with van der Waals surface area (Å²) in [5, 5.41) is -0.489. The van der Waals surface area contributed by atoms with Crippen LogP contribution in [0.25, 0.3) is 0 Å². The van der Waals surface area contributed by atoms with Crippen LogP contribution < -0.4 is 0 Å². The zero-order valence-electron chi connectivity index (χ0n) is 14.4. The summed E-state index contributed by atoms with van der Waals surface area (Å²) in [5.74, 6) is 0.687. The Bertz CT molecular complexity index is 357. The highest BCUT2D eigenvalue weighted by molar-refractivity contribution is 7.86. The van der Waals surface area contributed by atoms with E-state index in [4.69, 9.17) is 4.55 Å². The van der Waals surface area contributed by atoms with Crippen molar-refractivity contribution < 1.29 is 13.0 Å². The van der Waals surface area contributed by atoms with Crippen molar-refractivity contribution in [3.63, 3.8) is 0 Å². The summed E-state index contributed by atoms with van der Waals surface area (Å²) >= 11 is 0. The molecule has 0 amide bonds. The van der Waals surface area contributed by atoms with E-state index in [2.05, 4.69) is 6.92 Å². The molecule has 132 valence electrons. The Kier molecular flexibility index (Phi) is 10.4. The highest BCUT2D eigenvalue weighted by Crippen LogP contribution is 2.31. The van der Waals surface area contributed by atoms with Crippen LogP contribution >= 0.6 is 0 Å². The van der Waals surface area contributed by atoms with Gasteiger partial charge in [-0.2, -0.15) is 8.42 Å². The molecule has 1 fully saturated rings. The first kappa shape index (κ1) is 20.0. The van der Waals surface area contributed by atoms with Crippen LogP contribution in [-0.2, 0) is 10.1 Å². The van der Waals surface area contributed by atoms with E-state index in [0.29, 0.717) is 18.8 Å². The van der Waals surface area contributed by atoms with Crippen LogP contribution in [0.2, 0.25) is 0 Å². The molecule has 0 aromatic rings. The van der Waals surface area contributed by atoms with Crippen molar-refractivity contribution in [2.24, 2.45) is 5.92 Å². The topological polar surface area (TPSA) is 54.4 Å². The molecule has 1 aliphatic rings. The first-order chi connectivity index (χ1) is 10.5. The lowest BCUT2D eigenvalue weighted by Crippen LogP contribution is -2.26. The largest absolute Gasteiger partial charge is 0.285 e. The van der Waals surface area contributed by atoms with Crippen molar-refractivity contribution in [3.8, 4) is 0 Å². The first-order valence-corrected chi connectivity index (χ1v) is 11.0. The molecular formula is C18H36O3S. The van der Waals surface area contributed by atoms with Crippen LogP contribution in [-0.4, -0.2) is 18.2 Å². The van der Waals surface area contributed by atoms with Gasteiger partial charge in [-0.1, -0.05) is 77.6 Å². The Morgan fingerprint density at radius 3 is 1.68 bits per heavy atom. The van der Waals surface area contributed by atoms with Gasteiger partial charge < -0.3 is 0 Å². The lowest BCUT2D eigenvalue weighted by molar-refractivity contribution is 0.318. The molecular weight excluding hydrogens is 296 g/mol. The predicted molar refractivity (Wildman–Crippen MR) is 93.8 cm³/mol. The van der Waals surface area contributed by atoms with Crippen LogP contribution in [0.15, 0.2) is 0 Å². The summed E-state index contributed by atoms with van der Waals surface area (Å²) in [6.07, 6.45) is 18.2. The van der Waals surface area contributed by atoms with E-state index >= 15 is 0 Å². The minimum absolute atomic E-state index is 0.489. The molecule has 0 saturated heterocycles. The molecule has 3 nitrogen and oxygen atoms in total. The number of rotatable bonds is 12. The lowest BCUT2D eigenvalue weighted by Gasteiger charge is -2.26. The average molecular weight is 333 g/mol. The minimum Gasteiger partial charge on any atom is -0.285 e. The Labute approximate surface area is 138 Å². The van der Waals surface area contributed by atoms with Gasteiger partial charge in [0.25, 0.3) is 10.1 Å². The van der Waals surface area contributed by atoms with Gasteiger partial charge in [-0.05, 0) is 31.6 Å². The molecule has 4 heteroatoms. The van der Waals surface area contributed by atoms with Crippen LogP contribution in [0.1, 0.15) is 103 Å². The second-order valence-corrected chi connectivity index (χ2v) is 8.82.